The average molecular weight is 239 g/mol. The van der Waals surface area contributed by atoms with E-state index < -0.39 is 0 Å². The molecule has 0 aromatic carbocycles. The molecule has 1 aliphatic heterocycles. The Balaban J connectivity index is 0.000000686. The second kappa shape index (κ2) is 4.57. The smallest absolute Gasteiger partial charge is 0.0125 e. The van der Waals surface area contributed by atoms with Crippen LogP contribution >= 0.6 is 0 Å². The van der Waals surface area contributed by atoms with Crippen molar-refractivity contribution < 1.29 is 0 Å². The Bertz CT molecular complexity index is 210. The van der Waals surface area contributed by atoms with E-state index in [4.69, 9.17) is 0 Å². The lowest BCUT2D eigenvalue weighted by atomic mass is 9.51. The van der Waals surface area contributed by atoms with Gasteiger partial charge >= 0.3 is 0 Å². The first-order valence-electron chi connectivity index (χ1n) is 7.38. The third-order valence-electron chi connectivity index (χ3n) is 4.58. The summed E-state index contributed by atoms with van der Waals surface area (Å²) in [4.78, 5) is 2.63. The third-order valence-corrected chi connectivity index (χ3v) is 4.58. The first kappa shape index (κ1) is 15.0. The van der Waals surface area contributed by atoms with Crippen LogP contribution in [0.25, 0.3) is 0 Å². The normalized spacial score (nSPS) is 24.7. The van der Waals surface area contributed by atoms with Gasteiger partial charge in [-0.05, 0) is 50.4 Å². The highest BCUT2D eigenvalue weighted by Crippen LogP contribution is 2.58. The zero-order valence-electron chi connectivity index (χ0n) is 13.4. The molecule has 2 fully saturated rings. The van der Waals surface area contributed by atoms with Gasteiger partial charge in [0.05, 0.1) is 0 Å². The number of nitrogens with zero attached hydrogens (tertiary/aromatic N) is 1. The Morgan fingerprint density at radius 3 is 1.59 bits per heavy atom. The molecule has 1 saturated carbocycles. The Morgan fingerprint density at radius 2 is 1.29 bits per heavy atom. The van der Waals surface area contributed by atoms with Crippen molar-refractivity contribution in [1.29, 1.82) is 0 Å². The van der Waals surface area contributed by atoms with Gasteiger partial charge in [0.15, 0.2) is 0 Å². The largest absolute Gasteiger partial charge is 0.297 e. The van der Waals surface area contributed by atoms with Gasteiger partial charge in [0.1, 0.15) is 0 Å². The molecule has 102 valence electrons. The summed E-state index contributed by atoms with van der Waals surface area (Å²) in [5, 5.41) is 0. The van der Waals surface area contributed by atoms with Crippen molar-refractivity contribution in [1.82, 2.24) is 4.90 Å². The topological polar surface area (TPSA) is 3.24 Å². The molecule has 0 amide bonds. The van der Waals surface area contributed by atoms with Gasteiger partial charge in [-0.15, -0.1) is 0 Å². The molecule has 2 aliphatic rings. The summed E-state index contributed by atoms with van der Waals surface area (Å²) in [6.45, 7) is 20.9. The second-order valence-electron chi connectivity index (χ2n) is 8.00. The third kappa shape index (κ3) is 3.05. The SMILES string of the molecule is CC.CC(C)(C)C1CC2(C1)CN(C(C)(C)C)C2. The number of rotatable bonds is 0. The lowest BCUT2D eigenvalue weighted by Gasteiger charge is -2.65. The molecule has 0 atom stereocenters. The Morgan fingerprint density at radius 1 is 0.882 bits per heavy atom. The van der Waals surface area contributed by atoms with E-state index in [1.807, 2.05) is 13.8 Å². The summed E-state index contributed by atoms with van der Waals surface area (Å²) in [6.07, 6.45) is 2.95. The van der Waals surface area contributed by atoms with E-state index >= 15 is 0 Å². The van der Waals surface area contributed by atoms with Crippen molar-refractivity contribution in [3.8, 4) is 0 Å². The summed E-state index contributed by atoms with van der Waals surface area (Å²) in [5.74, 6) is 0.972. The molecule has 1 heterocycles. The first-order valence-corrected chi connectivity index (χ1v) is 7.38. The van der Waals surface area contributed by atoms with Crippen LogP contribution in [-0.2, 0) is 0 Å². The summed E-state index contributed by atoms with van der Waals surface area (Å²) in [7, 11) is 0. The summed E-state index contributed by atoms with van der Waals surface area (Å²) in [5.41, 5.74) is 1.65. The Labute approximate surface area is 109 Å². The average Bonchev–Trinajstić information content (AvgIpc) is 1.97. The van der Waals surface area contributed by atoms with Crippen LogP contribution < -0.4 is 0 Å². The fraction of sp³-hybridized carbons (Fsp3) is 1.00. The molecule has 0 N–H and O–H groups in total. The van der Waals surface area contributed by atoms with Crippen molar-refractivity contribution in [3.63, 3.8) is 0 Å². The van der Waals surface area contributed by atoms with Crippen molar-refractivity contribution in [3.05, 3.63) is 0 Å². The van der Waals surface area contributed by atoms with E-state index in [-0.39, 0.29) is 0 Å². The van der Waals surface area contributed by atoms with Crippen LogP contribution in [0.4, 0.5) is 0 Å². The zero-order valence-corrected chi connectivity index (χ0v) is 13.4. The van der Waals surface area contributed by atoms with E-state index in [2.05, 4.69) is 46.4 Å². The molecule has 1 spiro atoms. The van der Waals surface area contributed by atoms with E-state index in [1.165, 1.54) is 25.9 Å². The van der Waals surface area contributed by atoms with Gasteiger partial charge in [0.25, 0.3) is 0 Å². The van der Waals surface area contributed by atoms with Crippen molar-refractivity contribution in [2.24, 2.45) is 16.7 Å². The van der Waals surface area contributed by atoms with Crippen LogP contribution in [0.5, 0.6) is 0 Å². The second-order valence-corrected chi connectivity index (χ2v) is 8.00. The number of hydrogen-bond donors (Lipinski definition) is 0. The molecule has 1 nitrogen and oxygen atoms in total. The van der Waals surface area contributed by atoms with Crippen LogP contribution in [0.2, 0.25) is 0 Å². The maximum absolute atomic E-state index is 2.63. The van der Waals surface area contributed by atoms with Crippen LogP contribution in [-0.4, -0.2) is 23.5 Å². The van der Waals surface area contributed by atoms with Crippen LogP contribution in [0.1, 0.15) is 68.2 Å². The molecule has 1 saturated heterocycles. The molecular weight excluding hydrogens is 206 g/mol. The van der Waals surface area contributed by atoms with Crippen LogP contribution in [0.3, 0.4) is 0 Å². The fourth-order valence-corrected chi connectivity index (χ4v) is 3.09. The van der Waals surface area contributed by atoms with E-state index in [1.54, 1.807) is 0 Å². The van der Waals surface area contributed by atoms with E-state index in [9.17, 15) is 0 Å². The zero-order chi connectivity index (χ0) is 13.5. The molecule has 0 bridgehead atoms. The molecule has 2 rings (SSSR count). The van der Waals surface area contributed by atoms with Gasteiger partial charge in [0, 0.05) is 18.6 Å². The summed E-state index contributed by atoms with van der Waals surface area (Å²) in [6, 6.07) is 0. The summed E-state index contributed by atoms with van der Waals surface area (Å²) >= 11 is 0. The van der Waals surface area contributed by atoms with Gasteiger partial charge in [0.2, 0.25) is 0 Å². The van der Waals surface area contributed by atoms with Crippen molar-refractivity contribution in [2.75, 3.05) is 13.1 Å². The molecule has 1 heteroatoms. The molecule has 0 radical (unpaired) electrons. The maximum atomic E-state index is 2.63. The fourth-order valence-electron chi connectivity index (χ4n) is 3.09. The highest BCUT2D eigenvalue weighted by molar-refractivity contribution is 5.08. The monoisotopic (exact) mass is 239 g/mol. The molecule has 0 unspecified atom stereocenters. The first-order chi connectivity index (χ1) is 7.62. The minimum absolute atomic E-state index is 0.387. The maximum Gasteiger partial charge on any atom is 0.0125 e. The summed E-state index contributed by atoms with van der Waals surface area (Å²) < 4.78 is 0. The highest BCUT2D eigenvalue weighted by Gasteiger charge is 2.56. The van der Waals surface area contributed by atoms with Gasteiger partial charge in [-0.3, -0.25) is 4.90 Å². The minimum Gasteiger partial charge on any atom is -0.297 e. The van der Waals surface area contributed by atoms with Crippen molar-refractivity contribution >= 4 is 0 Å². The van der Waals surface area contributed by atoms with Gasteiger partial charge in [-0.1, -0.05) is 34.6 Å². The standard InChI is InChI=1S/C14H27N.C2H6/c1-12(2,3)11-7-14(8-11)9-15(10-14)13(4,5)6;1-2/h11H,7-10H2,1-6H3;1-2H3. The Hall–Kier alpha value is -0.0400. The minimum atomic E-state index is 0.387. The molecule has 17 heavy (non-hydrogen) atoms. The van der Waals surface area contributed by atoms with Gasteiger partial charge in [-0.2, -0.15) is 0 Å². The highest BCUT2D eigenvalue weighted by atomic mass is 15.3. The van der Waals surface area contributed by atoms with Crippen molar-refractivity contribution in [2.45, 2.75) is 73.8 Å². The Kier molecular flexibility index (Phi) is 4.04. The predicted octanol–water partition coefficient (Wildman–Crippen LogP) is 4.57. The van der Waals surface area contributed by atoms with E-state index in [0.29, 0.717) is 11.0 Å². The van der Waals surface area contributed by atoms with Crippen LogP contribution in [0.15, 0.2) is 0 Å². The molecular formula is C16H33N. The van der Waals surface area contributed by atoms with Crippen LogP contribution in [0, 0.1) is 16.7 Å². The van der Waals surface area contributed by atoms with Gasteiger partial charge in [-0.25, -0.2) is 0 Å². The lowest BCUT2D eigenvalue weighted by molar-refractivity contribution is -0.150. The predicted molar refractivity (Wildman–Crippen MR) is 77.3 cm³/mol. The number of hydrogen-bond acceptors (Lipinski definition) is 1. The van der Waals surface area contributed by atoms with E-state index in [0.717, 1.165) is 11.3 Å². The molecule has 0 aromatic heterocycles. The quantitative estimate of drug-likeness (QED) is 0.598. The van der Waals surface area contributed by atoms with Gasteiger partial charge < -0.3 is 0 Å². The molecule has 0 aromatic rings. The lowest BCUT2D eigenvalue weighted by Crippen LogP contribution is -2.67. The number of likely N-dealkylation sites (tertiary alicyclic amines) is 1. The molecule has 1 aliphatic carbocycles.